The Hall–Kier alpha value is -1.14. The van der Waals surface area contributed by atoms with E-state index >= 15 is 0 Å². The van der Waals surface area contributed by atoms with E-state index in [1.54, 1.807) is 22.7 Å². The van der Waals surface area contributed by atoms with Crippen LogP contribution >= 0.6 is 35.5 Å². The molecule has 2 nitrogen and oxygen atoms in total. The molecular formula is C16H16N2S3. The van der Waals surface area contributed by atoms with E-state index < -0.39 is 0 Å². The zero-order valence-corrected chi connectivity index (χ0v) is 14.4. The molecule has 1 aliphatic carbocycles. The van der Waals surface area contributed by atoms with E-state index in [2.05, 4.69) is 67.5 Å². The van der Waals surface area contributed by atoms with Crippen molar-refractivity contribution in [3.63, 3.8) is 0 Å². The van der Waals surface area contributed by atoms with Crippen molar-refractivity contribution in [2.75, 3.05) is 0 Å². The van der Waals surface area contributed by atoms with E-state index in [0.717, 1.165) is 16.9 Å². The fraction of sp³-hybridized carbons (Fsp3) is 0.188. The van der Waals surface area contributed by atoms with Gasteiger partial charge in [0.05, 0.1) is 11.8 Å². The molecule has 0 spiro atoms. The summed E-state index contributed by atoms with van der Waals surface area (Å²) in [5.41, 5.74) is 9.45. The number of rotatable bonds is 2. The van der Waals surface area contributed by atoms with Crippen molar-refractivity contribution in [1.29, 1.82) is 0 Å². The van der Waals surface area contributed by atoms with E-state index in [1.807, 2.05) is 0 Å². The predicted octanol–water partition coefficient (Wildman–Crippen LogP) is 4.52. The second kappa shape index (κ2) is 5.93. The molecule has 0 saturated heterocycles. The van der Waals surface area contributed by atoms with Gasteiger partial charge in [0.2, 0.25) is 0 Å². The first-order chi connectivity index (χ1) is 10.1. The number of hydrogen-bond acceptors (Lipinski definition) is 5. The lowest BCUT2D eigenvalue weighted by molar-refractivity contribution is 1.11. The highest BCUT2D eigenvalue weighted by Gasteiger charge is 2.26. The zero-order chi connectivity index (χ0) is 15.0. The highest BCUT2D eigenvalue weighted by Crippen LogP contribution is 2.35. The van der Waals surface area contributed by atoms with E-state index in [1.165, 1.54) is 19.5 Å². The monoisotopic (exact) mass is 332 g/mol. The fourth-order valence-electron chi connectivity index (χ4n) is 2.41. The molecule has 0 saturated carbocycles. The number of allylic oxidation sites excluding steroid dienone is 2. The lowest BCUT2D eigenvalue weighted by atomic mass is 9.90. The molecule has 21 heavy (non-hydrogen) atoms. The molecular weight excluding hydrogens is 316 g/mol. The smallest absolute Gasteiger partial charge is 0.0783 e. The Balaban J connectivity index is 2.07. The number of nitrogens with zero attached hydrogens (tertiary/aromatic N) is 1. The maximum Gasteiger partial charge on any atom is 0.0783 e. The summed E-state index contributed by atoms with van der Waals surface area (Å²) in [6.07, 6.45) is 4.22. The number of hydrogen-bond donors (Lipinski definition) is 2. The van der Waals surface area contributed by atoms with E-state index in [0.29, 0.717) is 0 Å². The van der Waals surface area contributed by atoms with Crippen molar-refractivity contribution in [1.82, 2.24) is 0 Å². The predicted molar refractivity (Wildman–Crippen MR) is 98.5 cm³/mol. The van der Waals surface area contributed by atoms with Gasteiger partial charge in [0, 0.05) is 25.1 Å². The minimum absolute atomic E-state index is 0.233. The number of thiol groups is 1. The molecule has 5 heteroatoms. The van der Waals surface area contributed by atoms with Crippen LogP contribution in [0.4, 0.5) is 0 Å². The van der Waals surface area contributed by atoms with Crippen molar-refractivity contribution in [3.05, 3.63) is 55.9 Å². The molecule has 3 rings (SSSR count). The minimum Gasteiger partial charge on any atom is -0.319 e. The fourth-order valence-corrected chi connectivity index (χ4v) is 4.47. The van der Waals surface area contributed by atoms with Crippen LogP contribution < -0.4 is 5.73 Å². The van der Waals surface area contributed by atoms with Crippen molar-refractivity contribution in [2.24, 2.45) is 10.1 Å². The average Bonchev–Trinajstić information content (AvgIpc) is 3.07. The largest absolute Gasteiger partial charge is 0.319 e. The molecule has 0 fully saturated rings. The van der Waals surface area contributed by atoms with Gasteiger partial charge in [-0.05, 0) is 56.5 Å². The summed E-state index contributed by atoms with van der Waals surface area (Å²) in [6.45, 7) is 4.21. The van der Waals surface area contributed by atoms with Crippen LogP contribution in [0, 0.1) is 13.8 Å². The minimum atomic E-state index is -0.233. The maximum absolute atomic E-state index is 6.43. The molecule has 1 aliphatic rings. The van der Waals surface area contributed by atoms with Gasteiger partial charge in [-0.2, -0.15) is 0 Å². The summed E-state index contributed by atoms with van der Waals surface area (Å²) < 4.78 is 4.17. The summed E-state index contributed by atoms with van der Waals surface area (Å²) >= 11 is 7.65. The van der Waals surface area contributed by atoms with Crippen LogP contribution in [0.2, 0.25) is 0 Å². The second-order valence-corrected chi connectivity index (χ2v) is 7.76. The first-order valence-corrected chi connectivity index (χ1v) is 8.67. The molecule has 2 N–H and O–H groups in total. The van der Waals surface area contributed by atoms with E-state index in [9.17, 15) is 0 Å². The van der Waals surface area contributed by atoms with Crippen LogP contribution in [0.5, 0.6) is 0 Å². The van der Waals surface area contributed by atoms with Gasteiger partial charge in [-0.25, -0.2) is 4.40 Å². The Morgan fingerprint density at radius 1 is 1.00 bits per heavy atom. The first-order valence-electron chi connectivity index (χ1n) is 6.63. The molecule has 1 unspecified atom stereocenters. The van der Waals surface area contributed by atoms with Gasteiger partial charge in [-0.3, -0.25) is 0 Å². The highest BCUT2D eigenvalue weighted by atomic mass is 32.1. The molecule has 0 bridgehead atoms. The second-order valence-electron chi connectivity index (χ2n) is 4.99. The lowest BCUT2D eigenvalue weighted by Gasteiger charge is -2.22. The van der Waals surface area contributed by atoms with Crippen molar-refractivity contribution < 1.29 is 0 Å². The SMILES string of the molecule is Cc1ccc(C2=CC=C(c3ccc(C)s3)C(N)C2=NS)s1. The molecule has 108 valence electrons. The molecule has 0 radical (unpaired) electrons. The van der Waals surface area contributed by atoms with Gasteiger partial charge in [0.15, 0.2) is 0 Å². The van der Waals surface area contributed by atoms with Crippen molar-refractivity contribution in [3.8, 4) is 0 Å². The van der Waals surface area contributed by atoms with Crippen LogP contribution in [0.3, 0.4) is 0 Å². The van der Waals surface area contributed by atoms with Crippen LogP contribution in [0.1, 0.15) is 19.5 Å². The van der Waals surface area contributed by atoms with Crippen molar-refractivity contribution in [2.45, 2.75) is 19.9 Å². The van der Waals surface area contributed by atoms with Crippen LogP contribution in [0.15, 0.2) is 40.8 Å². The maximum atomic E-state index is 6.43. The van der Waals surface area contributed by atoms with Crippen LogP contribution in [0.25, 0.3) is 11.1 Å². The van der Waals surface area contributed by atoms with E-state index in [-0.39, 0.29) is 6.04 Å². The summed E-state index contributed by atoms with van der Waals surface area (Å²) in [5.74, 6) is 0. The Kier molecular flexibility index (Phi) is 4.17. The molecule has 2 aromatic rings. The molecule has 0 aromatic carbocycles. The van der Waals surface area contributed by atoms with Gasteiger partial charge in [-0.15, -0.1) is 22.7 Å². The Morgan fingerprint density at radius 3 is 2.14 bits per heavy atom. The third-order valence-electron chi connectivity index (χ3n) is 3.47. The van der Waals surface area contributed by atoms with E-state index in [4.69, 9.17) is 5.73 Å². The summed E-state index contributed by atoms with van der Waals surface area (Å²) in [4.78, 5) is 4.95. The molecule has 2 heterocycles. The standard InChI is InChI=1S/C16H16N2S3/c1-9-3-7-13(20-9)11-5-6-12(16(18-19)15(11)17)14-8-4-10(2)21-14/h3-8,15,19H,17H2,1-2H3. The van der Waals surface area contributed by atoms with Gasteiger partial charge in [0.1, 0.15) is 0 Å². The first kappa shape index (κ1) is 14.8. The highest BCUT2D eigenvalue weighted by molar-refractivity contribution is 7.79. The Labute approximate surface area is 138 Å². The molecule has 2 aromatic heterocycles. The summed E-state index contributed by atoms with van der Waals surface area (Å²) in [5, 5.41) is 0. The third-order valence-corrected chi connectivity index (χ3v) is 5.77. The number of nitrogens with two attached hydrogens (primary N) is 1. The quantitative estimate of drug-likeness (QED) is 0.780. The lowest BCUT2D eigenvalue weighted by Crippen LogP contribution is -2.33. The van der Waals surface area contributed by atoms with Gasteiger partial charge < -0.3 is 5.73 Å². The normalized spacial score (nSPS) is 20.6. The molecule has 0 amide bonds. The molecule has 0 aliphatic heterocycles. The Morgan fingerprint density at radius 2 is 1.62 bits per heavy atom. The topological polar surface area (TPSA) is 38.4 Å². The Bertz CT molecular complexity index is 762. The zero-order valence-electron chi connectivity index (χ0n) is 11.8. The average molecular weight is 333 g/mol. The van der Waals surface area contributed by atoms with Gasteiger partial charge in [-0.1, -0.05) is 12.2 Å². The third kappa shape index (κ3) is 2.79. The summed E-state index contributed by atoms with van der Waals surface area (Å²) in [7, 11) is 0. The number of thiophene rings is 2. The van der Waals surface area contributed by atoms with Crippen molar-refractivity contribution >= 4 is 52.3 Å². The molecule has 1 atom stereocenters. The summed E-state index contributed by atoms with van der Waals surface area (Å²) in [6, 6.07) is 8.24. The van der Waals surface area contributed by atoms with Crippen LogP contribution in [-0.2, 0) is 0 Å². The van der Waals surface area contributed by atoms with Gasteiger partial charge in [0.25, 0.3) is 0 Å². The van der Waals surface area contributed by atoms with Crippen LogP contribution in [-0.4, -0.2) is 11.8 Å². The number of aryl methyl sites for hydroxylation is 2. The van der Waals surface area contributed by atoms with Gasteiger partial charge >= 0.3 is 0 Å².